The Balaban J connectivity index is 4.11. The fourth-order valence-corrected chi connectivity index (χ4v) is 2.66. The van der Waals surface area contributed by atoms with Crippen LogP contribution in [0.5, 0.6) is 0 Å². The van der Waals surface area contributed by atoms with E-state index in [9.17, 15) is 4.79 Å². The Labute approximate surface area is 108 Å². The third-order valence-corrected chi connectivity index (χ3v) is 4.60. The van der Waals surface area contributed by atoms with Crippen LogP contribution in [0.1, 0.15) is 0 Å². The highest BCUT2D eigenvalue weighted by Gasteiger charge is 2.20. The third-order valence-electron chi connectivity index (χ3n) is 1.30. The van der Waals surface area contributed by atoms with Crippen LogP contribution in [0.2, 0.25) is 0 Å². The molecule has 0 aliphatic rings. The van der Waals surface area contributed by atoms with Crippen molar-refractivity contribution < 1.29 is 9.90 Å². The lowest BCUT2D eigenvalue weighted by Gasteiger charge is -2.11. The molecule has 0 radical (unpaired) electrons. The first-order chi connectivity index (χ1) is 7.01. The van der Waals surface area contributed by atoms with Crippen molar-refractivity contribution in [2.75, 3.05) is 19.8 Å². The Morgan fingerprint density at radius 3 is 2.27 bits per heavy atom. The molecule has 86 valence electrons. The van der Waals surface area contributed by atoms with Crippen molar-refractivity contribution in [2.45, 2.75) is 5.25 Å². The number of thiocarbonyl (C=S) groups is 2. The molecule has 0 rings (SSSR count). The summed E-state index contributed by atoms with van der Waals surface area (Å²) in [6, 6.07) is 0. The predicted octanol–water partition coefficient (Wildman–Crippen LogP) is 0.915. The fraction of sp³-hybridized carbons (Fsp3) is 0.571. The Bertz CT molecular complexity index is 259. The maximum Gasteiger partial charge on any atom is 0.317 e. The molecule has 1 atom stereocenters. The highest BCUT2D eigenvalue weighted by atomic mass is 32.2. The zero-order valence-corrected chi connectivity index (χ0v) is 11.5. The van der Waals surface area contributed by atoms with Gasteiger partial charge in [0.05, 0.1) is 0 Å². The molecule has 0 bridgehead atoms. The molecule has 4 nitrogen and oxygen atoms in total. The number of hydrogen-bond acceptors (Lipinski definition) is 5. The van der Waals surface area contributed by atoms with Gasteiger partial charge in [-0.05, 0) is 0 Å². The van der Waals surface area contributed by atoms with Crippen molar-refractivity contribution in [3.05, 3.63) is 0 Å². The van der Waals surface area contributed by atoms with Crippen molar-refractivity contribution in [3.8, 4) is 0 Å². The highest BCUT2D eigenvalue weighted by Crippen LogP contribution is 2.18. The van der Waals surface area contributed by atoms with E-state index >= 15 is 0 Å². The topological polar surface area (TPSA) is 61.4 Å². The summed E-state index contributed by atoms with van der Waals surface area (Å²) < 4.78 is 1.05. The van der Waals surface area contributed by atoms with Gasteiger partial charge >= 0.3 is 5.97 Å². The SMILES string of the molecule is CNC(=S)SCC(SC(=S)NC)C(=O)O. The van der Waals surface area contributed by atoms with Crippen LogP contribution < -0.4 is 10.6 Å². The second-order valence-electron chi connectivity index (χ2n) is 2.33. The van der Waals surface area contributed by atoms with E-state index in [0.29, 0.717) is 14.4 Å². The first-order valence-corrected chi connectivity index (χ1v) is 6.65. The van der Waals surface area contributed by atoms with Gasteiger partial charge in [0.25, 0.3) is 0 Å². The van der Waals surface area contributed by atoms with Crippen LogP contribution in [-0.4, -0.2) is 44.8 Å². The lowest BCUT2D eigenvalue weighted by Crippen LogP contribution is -2.26. The summed E-state index contributed by atoms with van der Waals surface area (Å²) >= 11 is 12.2. The smallest absolute Gasteiger partial charge is 0.317 e. The van der Waals surface area contributed by atoms with E-state index in [1.165, 1.54) is 11.8 Å². The summed E-state index contributed by atoms with van der Waals surface area (Å²) in [5.74, 6) is -0.495. The van der Waals surface area contributed by atoms with E-state index < -0.39 is 11.2 Å². The number of carboxylic acid groups (broad SMARTS) is 1. The standard InChI is InChI=1S/C7H12N2O2S4/c1-8-6(12)14-3-4(5(10)11)15-7(13)9-2/h4H,3H2,1-2H3,(H,8,12)(H,9,13)(H,10,11). The molecule has 15 heavy (non-hydrogen) atoms. The van der Waals surface area contributed by atoms with Gasteiger partial charge in [0.2, 0.25) is 0 Å². The number of carbonyl (C=O) groups is 1. The number of aliphatic carboxylic acids is 1. The van der Waals surface area contributed by atoms with E-state index in [-0.39, 0.29) is 0 Å². The Morgan fingerprint density at radius 2 is 1.87 bits per heavy atom. The molecule has 0 amide bonds. The van der Waals surface area contributed by atoms with E-state index in [2.05, 4.69) is 10.6 Å². The zero-order chi connectivity index (χ0) is 11.8. The first-order valence-electron chi connectivity index (χ1n) is 3.97. The van der Waals surface area contributed by atoms with Gasteiger partial charge in [0, 0.05) is 19.8 Å². The Morgan fingerprint density at radius 1 is 1.33 bits per heavy atom. The van der Waals surface area contributed by atoms with Gasteiger partial charge < -0.3 is 15.7 Å². The minimum absolute atomic E-state index is 0.390. The number of hydrogen-bond donors (Lipinski definition) is 3. The molecule has 0 aliphatic carbocycles. The maximum absolute atomic E-state index is 10.9. The van der Waals surface area contributed by atoms with E-state index in [4.69, 9.17) is 29.5 Å². The predicted molar refractivity (Wildman–Crippen MR) is 74.8 cm³/mol. The van der Waals surface area contributed by atoms with E-state index in [0.717, 1.165) is 11.8 Å². The Kier molecular flexibility index (Phi) is 8.12. The van der Waals surface area contributed by atoms with Crippen molar-refractivity contribution in [1.29, 1.82) is 0 Å². The lowest BCUT2D eigenvalue weighted by molar-refractivity contribution is -0.135. The molecule has 0 heterocycles. The summed E-state index contributed by atoms with van der Waals surface area (Å²) in [6.07, 6.45) is 0. The van der Waals surface area contributed by atoms with Gasteiger partial charge in [-0.2, -0.15) is 0 Å². The monoisotopic (exact) mass is 284 g/mol. The minimum atomic E-state index is -0.885. The highest BCUT2D eigenvalue weighted by molar-refractivity contribution is 8.26. The van der Waals surface area contributed by atoms with Gasteiger partial charge in [0.1, 0.15) is 13.9 Å². The molecule has 0 aliphatic heterocycles. The van der Waals surface area contributed by atoms with Crippen molar-refractivity contribution >= 4 is 62.6 Å². The summed E-state index contributed by atoms with van der Waals surface area (Å²) in [5.41, 5.74) is 0. The number of carboxylic acids is 1. The second-order valence-corrected chi connectivity index (χ2v) is 5.91. The van der Waals surface area contributed by atoms with Crippen LogP contribution in [0.15, 0.2) is 0 Å². The van der Waals surface area contributed by atoms with Crippen molar-refractivity contribution in [2.24, 2.45) is 0 Å². The Hall–Kier alpha value is -0.0500. The third kappa shape index (κ3) is 6.93. The van der Waals surface area contributed by atoms with Crippen LogP contribution in [0, 0.1) is 0 Å². The molecule has 8 heteroatoms. The molecule has 0 saturated heterocycles. The zero-order valence-electron chi connectivity index (χ0n) is 8.27. The second kappa shape index (κ2) is 8.14. The minimum Gasteiger partial charge on any atom is -0.480 e. The summed E-state index contributed by atoms with van der Waals surface area (Å²) in [6.45, 7) is 0. The van der Waals surface area contributed by atoms with Crippen molar-refractivity contribution in [3.63, 3.8) is 0 Å². The molecule has 0 aromatic rings. The number of rotatable bonds is 4. The molecule has 1 unspecified atom stereocenters. The van der Waals surface area contributed by atoms with Gasteiger partial charge in [-0.15, -0.1) is 0 Å². The van der Waals surface area contributed by atoms with Crippen LogP contribution in [0.3, 0.4) is 0 Å². The molecular formula is C7H12N2O2S4. The summed E-state index contributed by atoms with van der Waals surface area (Å²) in [4.78, 5) is 10.9. The average Bonchev–Trinajstić information content (AvgIpc) is 2.22. The van der Waals surface area contributed by atoms with Gasteiger partial charge in [0.15, 0.2) is 0 Å². The van der Waals surface area contributed by atoms with E-state index in [1.54, 1.807) is 14.1 Å². The molecule has 3 N–H and O–H groups in total. The summed E-state index contributed by atoms with van der Waals surface area (Å²) in [5, 5.41) is 13.8. The average molecular weight is 284 g/mol. The van der Waals surface area contributed by atoms with Gasteiger partial charge in [-0.25, -0.2) is 0 Å². The van der Waals surface area contributed by atoms with Crippen LogP contribution >= 0.6 is 48.0 Å². The molecule has 0 aromatic heterocycles. The fourth-order valence-electron chi connectivity index (χ4n) is 0.567. The molecule has 0 fully saturated rings. The van der Waals surface area contributed by atoms with Crippen molar-refractivity contribution in [1.82, 2.24) is 10.6 Å². The summed E-state index contributed by atoms with van der Waals surface area (Å²) in [7, 11) is 3.37. The number of nitrogens with one attached hydrogen (secondary N) is 2. The molecule has 0 saturated carbocycles. The largest absolute Gasteiger partial charge is 0.480 e. The van der Waals surface area contributed by atoms with Gasteiger partial charge in [-0.1, -0.05) is 48.0 Å². The maximum atomic E-state index is 10.9. The number of thioether (sulfide) groups is 2. The van der Waals surface area contributed by atoms with Crippen LogP contribution in [0.25, 0.3) is 0 Å². The quantitative estimate of drug-likeness (QED) is 0.659. The molecular weight excluding hydrogens is 272 g/mol. The van der Waals surface area contributed by atoms with Crippen LogP contribution in [0.4, 0.5) is 0 Å². The van der Waals surface area contributed by atoms with Crippen LogP contribution in [-0.2, 0) is 4.79 Å². The first kappa shape index (κ1) is 14.9. The normalized spacial score (nSPS) is 11.6. The van der Waals surface area contributed by atoms with Gasteiger partial charge in [-0.3, -0.25) is 4.79 Å². The molecule has 0 aromatic carbocycles. The molecule has 0 spiro atoms. The van der Waals surface area contributed by atoms with E-state index in [1.807, 2.05) is 0 Å². The lowest BCUT2D eigenvalue weighted by atomic mass is 10.5.